The van der Waals surface area contributed by atoms with E-state index < -0.39 is 11.9 Å². The van der Waals surface area contributed by atoms with E-state index in [0.29, 0.717) is 22.1 Å². The van der Waals surface area contributed by atoms with E-state index in [-0.39, 0.29) is 22.9 Å². The molecule has 7 nitrogen and oxygen atoms in total. The highest BCUT2D eigenvalue weighted by Crippen LogP contribution is 2.30. The van der Waals surface area contributed by atoms with Crippen molar-refractivity contribution in [3.05, 3.63) is 112 Å². The Hall–Kier alpha value is -4.33. The van der Waals surface area contributed by atoms with E-state index >= 15 is 0 Å². The summed E-state index contributed by atoms with van der Waals surface area (Å²) in [5.74, 6) is -0.0324. The van der Waals surface area contributed by atoms with E-state index in [4.69, 9.17) is 37.4 Å². The summed E-state index contributed by atoms with van der Waals surface area (Å²) in [7, 11) is 1.44. The van der Waals surface area contributed by atoms with E-state index in [0.717, 1.165) is 11.1 Å². The summed E-state index contributed by atoms with van der Waals surface area (Å²) < 4.78 is 16.3. The van der Waals surface area contributed by atoms with Crippen molar-refractivity contribution in [2.45, 2.75) is 0 Å². The van der Waals surface area contributed by atoms with Gasteiger partial charge in [-0.2, -0.15) is 5.10 Å². The molecule has 38 heavy (non-hydrogen) atoms. The van der Waals surface area contributed by atoms with Crippen LogP contribution in [-0.2, 0) is 4.79 Å². The lowest BCUT2D eigenvalue weighted by atomic mass is 10.1. The molecule has 0 fully saturated rings. The fourth-order valence-electron chi connectivity index (χ4n) is 3.39. The van der Waals surface area contributed by atoms with Crippen molar-refractivity contribution >= 4 is 41.3 Å². The fraction of sp³-hybridized carbons (Fsp3) is 0.0690. The maximum absolute atomic E-state index is 12.5. The molecular formula is C29H22Cl2N2O5. The standard InChI is InChI=1S/C29H22Cl2N2O5/c1-36-27-15-19(7-14-26(27)38-29(35)24-13-10-22(30)16-25(24)31)17-32-33-28(34)18-37-23-11-8-21(9-12-23)20-5-3-2-4-6-20/h2-17H,18H2,1H3,(H,33,34)/b32-17+. The zero-order valence-electron chi connectivity index (χ0n) is 20.2. The SMILES string of the molecule is COc1cc(/C=N/NC(=O)COc2ccc(-c3ccccc3)cc2)ccc1OC(=O)c1ccc(Cl)cc1Cl. The summed E-state index contributed by atoms with van der Waals surface area (Å²) in [5, 5.41) is 4.52. The van der Waals surface area contributed by atoms with Gasteiger partial charge in [0.15, 0.2) is 18.1 Å². The number of hydrazone groups is 1. The van der Waals surface area contributed by atoms with Crippen molar-refractivity contribution in [1.29, 1.82) is 0 Å². The highest BCUT2D eigenvalue weighted by molar-refractivity contribution is 6.36. The van der Waals surface area contributed by atoms with Crippen LogP contribution in [0.3, 0.4) is 0 Å². The second kappa shape index (κ2) is 12.8. The molecular weight excluding hydrogens is 527 g/mol. The van der Waals surface area contributed by atoms with Crippen molar-refractivity contribution in [2.24, 2.45) is 5.10 Å². The lowest BCUT2D eigenvalue weighted by Gasteiger charge is -2.10. The number of halogens is 2. The van der Waals surface area contributed by atoms with Crippen LogP contribution in [0.15, 0.2) is 96.1 Å². The number of methoxy groups -OCH3 is 1. The van der Waals surface area contributed by atoms with E-state index in [1.807, 2.05) is 42.5 Å². The molecule has 0 aliphatic carbocycles. The van der Waals surface area contributed by atoms with Crippen molar-refractivity contribution < 1.29 is 23.8 Å². The van der Waals surface area contributed by atoms with Gasteiger partial charge in [-0.15, -0.1) is 0 Å². The molecule has 0 bridgehead atoms. The average Bonchev–Trinajstić information content (AvgIpc) is 2.93. The van der Waals surface area contributed by atoms with Gasteiger partial charge in [-0.1, -0.05) is 65.7 Å². The first-order chi connectivity index (χ1) is 18.4. The smallest absolute Gasteiger partial charge is 0.345 e. The van der Waals surface area contributed by atoms with Crippen molar-refractivity contribution in [1.82, 2.24) is 5.43 Å². The molecule has 1 amide bonds. The van der Waals surface area contributed by atoms with E-state index in [1.54, 1.807) is 36.4 Å². The minimum Gasteiger partial charge on any atom is -0.493 e. The minimum atomic E-state index is -0.659. The highest BCUT2D eigenvalue weighted by Gasteiger charge is 2.16. The molecule has 0 radical (unpaired) electrons. The van der Waals surface area contributed by atoms with Crippen LogP contribution >= 0.6 is 23.2 Å². The average molecular weight is 549 g/mol. The second-order valence-electron chi connectivity index (χ2n) is 7.90. The van der Waals surface area contributed by atoms with Gasteiger partial charge in [0.1, 0.15) is 5.75 Å². The number of ether oxygens (including phenoxy) is 3. The van der Waals surface area contributed by atoms with Gasteiger partial charge in [0, 0.05) is 5.02 Å². The van der Waals surface area contributed by atoms with Crippen LogP contribution in [0.1, 0.15) is 15.9 Å². The third-order valence-corrected chi connectivity index (χ3v) is 5.82. The Morgan fingerprint density at radius 3 is 2.32 bits per heavy atom. The quantitative estimate of drug-likeness (QED) is 0.113. The molecule has 0 unspecified atom stereocenters. The summed E-state index contributed by atoms with van der Waals surface area (Å²) in [4.78, 5) is 24.6. The van der Waals surface area contributed by atoms with Gasteiger partial charge in [0.05, 0.1) is 23.9 Å². The van der Waals surface area contributed by atoms with E-state index in [9.17, 15) is 9.59 Å². The highest BCUT2D eigenvalue weighted by atomic mass is 35.5. The topological polar surface area (TPSA) is 86.2 Å². The molecule has 0 spiro atoms. The number of benzene rings is 4. The second-order valence-corrected chi connectivity index (χ2v) is 8.74. The van der Waals surface area contributed by atoms with Gasteiger partial charge >= 0.3 is 5.97 Å². The predicted molar refractivity (Wildman–Crippen MR) is 148 cm³/mol. The van der Waals surface area contributed by atoms with Crippen LogP contribution in [0.25, 0.3) is 11.1 Å². The van der Waals surface area contributed by atoms with Crippen molar-refractivity contribution in [2.75, 3.05) is 13.7 Å². The van der Waals surface area contributed by atoms with E-state index in [1.165, 1.54) is 25.5 Å². The van der Waals surface area contributed by atoms with Gasteiger partial charge in [0.25, 0.3) is 5.91 Å². The van der Waals surface area contributed by atoms with Crippen LogP contribution < -0.4 is 19.6 Å². The van der Waals surface area contributed by atoms with Crippen LogP contribution in [0.4, 0.5) is 0 Å². The molecule has 0 saturated carbocycles. The van der Waals surface area contributed by atoms with Crippen LogP contribution in [0, 0.1) is 0 Å². The number of amides is 1. The molecule has 4 aromatic carbocycles. The van der Waals surface area contributed by atoms with Gasteiger partial charge in [0.2, 0.25) is 0 Å². The van der Waals surface area contributed by atoms with Gasteiger partial charge < -0.3 is 14.2 Å². The molecule has 0 aromatic heterocycles. The number of esters is 1. The lowest BCUT2D eigenvalue weighted by Crippen LogP contribution is -2.24. The monoisotopic (exact) mass is 548 g/mol. The Bertz CT molecular complexity index is 1460. The predicted octanol–water partition coefficient (Wildman–Crippen LogP) is 6.42. The zero-order chi connectivity index (χ0) is 26.9. The molecule has 4 aromatic rings. The third-order valence-electron chi connectivity index (χ3n) is 5.28. The van der Waals surface area contributed by atoms with Gasteiger partial charge in [-0.25, -0.2) is 10.2 Å². The molecule has 0 aliphatic rings. The summed E-state index contributed by atoms with van der Waals surface area (Å²) in [6.07, 6.45) is 1.43. The first-order valence-electron chi connectivity index (χ1n) is 11.4. The maximum atomic E-state index is 12.5. The summed E-state index contributed by atoms with van der Waals surface area (Å²) in [6, 6.07) is 26.7. The third kappa shape index (κ3) is 7.12. The molecule has 0 heterocycles. The normalized spacial score (nSPS) is 10.7. The van der Waals surface area contributed by atoms with E-state index in [2.05, 4.69) is 10.5 Å². The number of nitrogens with zero attached hydrogens (tertiary/aromatic N) is 1. The van der Waals surface area contributed by atoms with Gasteiger partial charge in [-0.05, 0) is 65.2 Å². The van der Waals surface area contributed by atoms with Crippen molar-refractivity contribution in [3.63, 3.8) is 0 Å². The number of hydrogen-bond donors (Lipinski definition) is 1. The number of hydrogen-bond acceptors (Lipinski definition) is 6. The fourth-order valence-corrected chi connectivity index (χ4v) is 3.88. The van der Waals surface area contributed by atoms with Gasteiger partial charge in [-0.3, -0.25) is 4.79 Å². The Morgan fingerprint density at radius 1 is 0.868 bits per heavy atom. The minimum absolute atomic E-state index is 0.167. The maximum Gasteiger partial charge on any atom is 0.345 e. The van der Waals surface area contributed by atoms with Crippen molar-refractivity contribution in [3.8, 4) is 28.4 Å². The Kier molecular flexibility index (Phi) is 8.98. The summed E-state index contributed by atoms with van der Waals surface area (Å²) in [5.41, 5.74) is 5.33. The molecule has 0 saturated heterocycles. The summed E-state index contributed by atoms with van der Waals surface area (Å²) >= 11 is 12.0. The Balaban J connectivity index is 1.29. The molecule has 1 N–H and O–H groups in total. The first kappa shape index (κ1) is 26.7. The number of nitrogens with one attached hydrogen (secondary N) is 1. The molecule has 9 heteroatoms. The first-order valence-corrected chi connectivity index (χ1v) is 12.1. The van der Waals surface area contributed by atoms with Crippen LogP contribution in [0.2, 0.25) is 10.0 Å². The molecule has 192 valence electrons. The largest absolute Gasteiger partial charge is 0.493 e. The summed E-state index contributed by atoms with van der Waals surface area (Å²) in [6.45, 7) is -0.201. The van der Waals surface area contributed by atoms with Crippen LogP contribution in [0.5, 0.6) is 17.2 Å². The lowest BCUT2D eigenvalue weighted by molar-refractivity contribution is -0.123. The number of carbonyl (C=O) groups excluding carboxylic acids is 2. The number of rotatable bonds is 9. The molecule has 4 rings (SSSR count). The zero-order valence-corrected chi connectivity index (χ0v) is 21.7. The molecule has 0 aliphatic heterocycles. The Labute approximate surface area is 229 Å². The Morgan fingerprint density at radius 2 is 1.61 bits per heavy atom. The molecule has 0 atom stereocenters. The number of carbonyl (C=O) groups is 2. The van der Waals surface area contributed by atoms with Crippen LogP contribution in [-0.4, -0.2) is 31.8 Å².